The number of alkyl carbamates (subject to hydrolysis) is 1. The fraction of sp³-hybridized carbons (Fsp3) is 0.750. The fourth-order valence-corrected chi connectivity index (χ4v) is 0.553. The molecule has 0 aromatic rings. The first kappa shape index (κ1) is 14.4. The van der Waals surface area contributed by atoms with E-state index < -0.39 is 12.1 Å². The minimum atomic E-state index is -0.573. The van der Waals surface area contributed by atoms with E-state index in [9.17, 15) is 9.59 Å². The largest absolute Gasteiger partial charge is 0.453 e. The zero-order valence-corrected chi connectivity index (χ0v) is 8.40. The van der Waals surface area contributed by atoms with Crippen LogP contribution in [0.1, 0.15) is 13.8 Å². The van der Waals surface area contributed by atoms with Crippen molar-refractivity contribution in [3.8, 4) is 0 Å². The molecule has 13 heavy (non-hydrogen) atoms. The van der Waals surface area contributed by atoms with Crippen molar-refractivity contribution in [2.75, 3.05) is 14.2 Å². The molecule has 5 nitrogen and oxygen atoms in total. The Bertz CT molecular complexity index is 147. The van der Waals surface area contributed by atoms with Crippen molar-refractivity contribution in [3.63, 3.8) is 0 Å². The quantitative estimate of drug-likeness (QED) is 0.624. The number of rotatable bonds is 3. The summed E-state index contributed by atoms with van der Waals surface area (Å²) in [5.41, 5.74) is 0. The number of hydrogen-bond acceptors (Lipinski definition) is 4. The summed E-state index contributed by atoms with van der Waals surface area (Å²) in [6.07, 6.45) is 0.123. The number of aliphatic hydroxyl groups is 1. The van der Waals surface area contributed by atoms with E-state index in [0.29, 0.717) is 6.29 Å². The van der Waals surface area contributed by atoms with Crippen LogP contribution >= 0.6 is 0 Å². The van der Waals surface area contributed by atoms with Gasteiger partial charge in [0.15, 0.2) is 0 Å². The van der Waals surface area contributed by atoms with E-state index in [4.69, 9.17) is 5.11 Å². The van der Waals surface area contributed by atoms with E-state index >= 15 is 0 Å². The highest BCUT2D eigenvalue weighted by molar-refractivity contribution is 5.73. The summed E-state index contributed by atoms with van der Waals surface area (Å²) in [5, 5.41) is 9.39. The highest BCUT2D eigenvalue weighted by atomic mass is 16.5. The van der Waals surface area contributed by atoms with E-state index in [1.54, 1.807) is 0 Å². The van der Waals surface area contributed by atoms with Gasteiger partial charge in [0, 0.05) is 7.11 Å². The van der Waals surface area contributed by atoms with Gasteiger partial charge in [0.25, 0.3) is 0 Å². The Morgan fingerprint density at radius 3 is 2.15 bits per heavy atom. The zero-order chi connectivity index (χ0) is 10.9. The average Bonchev–Trinajstić information content (AvgIpc) is 2.16. The molecule has 0 aliphatic heterocycles. The summed E-state index contributed by atoms with van der Waals surface area (Å²) in [6.45, 7) is 3.68. The van der Waals surface area contributed by atoms with Crippen molar-refractivity contribution >= 4 is 12.4 Å². The molecule has 0 spiro atoms. The van der Waals surface area contributed by atoms with Crippen LogP contribution < -0.4 is 5.32 Å². The minimum absolute atomic E-state index is 0.0894. The number of amides is 1. The predicted octanol–water partition coefficient (Wildman–Crippen LogP) is 0.174. The van der Waals surface area contributed by atoms with E-state index in [-0.39, 0.29) is 5.92 Å². The molecular weight excluding hydrogens is 174 g/mol. The number of nitrogens with one attached hydrogen (secondary N) is 1. The Morgan fingerprint density at radius 2 is 1.92 bits per heavy atom. The molecular formula is C8H17NO4. The van der Waals surface area contributed by atoms with Crippen LogP contribution in [0.3, 0.4) is 0 Å². The van der Waals surface area contributed by atoms with Gasteiger partial charge >= 0.3 is 6.09 Å². The Balaban J connectivity index is 0. The highest BCUT2D eigenvalue weighted by Crippen LogP contribution is 1.97. The number of carbonyl (C=O) groups is 2. The van der Waals surface area contributed by atoms with Crippen molar-refractivity contribution in [2.24, 2.45) is 5.92 Å². The average molecular weight is 191 g/mol. The molecule has 78 valence electrons. The Morgan fingerprint density at radius 1 is 1.46 bits per heavy atom. The number of carbonyl (C=O) groups excluding carboxylic acids is 2. The summed E-state index contributed by atoms with van der Waals surface area (Å²) < 4.78 is 4.32. The first-order valence-corrected chi connectivity index (χ1v) is 3.86. The number of hydrogen-bond donors (Lipinski definition) is 2. The molecule has 0 heterocycles. The molecule has 0 aromatic heterocycles. The lowest BCUT2D eigenvalue weighted by molar-refractivity contribution is -0.110. The first-order valence-electron chi connectivity index (χ1n) is 3.86. The Hall–Kier alpha value is -1.10. The van der Waals surface area contributed by atoms with Crippen molar-refractivity contribution in [1.82, 2.24) is 5.32 Å². The topological polar surface area (TPSA) is 75.6 Å². The molecule has 5 heteroatoms. The van der Waals surface area contributed by atoms with Crippen LogP contribution in [0.15, 0.2) is 0 Å². The van der Waals surface area contributed by atoms with Crippen LogP contribution in [0, 0.1) is 5.92 Å². The Labute approximate surface area is 78.1 Å². The first-order chi connectivity index (χ1) is 6.11. The SMILES string of the molecule is CO.COC(=O)NC(C=O)C(C)C. The van der Waals surface area contributed by atoms with Gasteiger partial charge in [0.05, 0.1) is 13.2 Å². The highest BCUT2D eigenvalue weighted by Gasteiger charge is 2.14. The van der Waals surface area contributed by atoms with Crippen LogP contribution in [0.2, 0.25) is 0 Å². The van der Waals surface area contributed by atoms with Gasteiger partial charge in [-0.2, -0.15) is 0 Å². The minimum Gasteiger partial charge on any atom is -0.453 e. The van der Waals surface area contributed by atoms with Crippen LogP contribution in [0.4, 0.5) is 4.79 Å². The lowest BCUT2D eigenvalue weighted by atomic mass is 10.1. The Kier molecular flexibility index (Phi) is 9.98. The van der Waals surface area contributed by atoms with Gasteiger partial charge in [0.2, 0.25) is 0 Å². The zero-order valence-electron chi connectivity index (χ0n) is 8.40. The van der Waals surface area contributed by atoms with Crippen LogP contribution in [0.5, 0.6) is 0 Å². The van der Waals surface area contributed by atoms with Gasteiger partial charge in [-0.1, -0.05) is 13.8 Å². The monoisotopic (exact) mass is 191 g/mol. The lowest BCUT2D eigenvalue weighted by Gasteiger charge is -2.14. The third-order valence-corrected chi connectivity index (χ3v) is 1.33. The summed E-state index contributed by atoms with van der Waals surface area (Å²) in [5.74, 6) is 0.0894. The van der Waals surface area contributed by atoms with Gasteiger partial charge in [-0.05, 0) is 5.92 Å². The second-order valence-corrected chi connectivity index (χ2v) is 2.54. The van der Waals surface area contributed by atoms with Crippen molar-refractivity contribution in [2.45, 2.75) is 19.9 Å². The van der Waals surface area contributed by atoms with Gasteiger partial charge < -0.3 is 20.0 Å². The molecule has 2 N–H and O–H groups in total. The van der Waals surface area contributed by atoms with E-state index in [1.807, 2.05) is 13.8 Å². The maximum absolute atomic E-state index is 10.6. The predicted molar refractivity (Wildman–Crippen MR) is 48.4 cm³/mol. The molecule has 1 unspecified atom stereocenters. The molecule has 0 rings (SSSR count). The molecule has 0 aromatic carbocycles. The van der Waals surface area contributed by atoms with Crippen molar-refractivity contribution in [3.05, 3.63) is 0 Å². The van der Waals surface area contributed by atoms with E-state index in [0.717, 1.165) is 7.11 Å². The van der Waals surface area contributed by atoms with Crippen LogP contribution in [-0.2, 0) is 9.53 Å². The third kappa shape index (κ3) is 7.27. The summed E-state index contributed by atoms with van der Waals surface area (Å²) in [4.78, 5) is 20.9. The normalized spacial score (nSPS) is 10.9. The number of methoxy groups -OCH3 is 1. The molecule has 0 saturated carbocycles. The maximum Gasteiger partial charge on any atom is 0.407 e. The summed E-state index contributed by atoms with van der Waals surface area (Å²) in [6, 6.07) is -0.456. The fourth-order valence-electron chi connectivity index (χ4n) is 0.553. The van der Waals surface area contributed by atoms with Gasteiger partial charge in [0.1, 0.15) is 6.29 Å². The van der Waals surface area contributed by atoms with Crippen molar-refractivity contribution in [1.29, 1.82) is 0 Å². The van der Waals surface area contributed by atoms with E-state index in [2.05, 4.69) is 10.1 Å². The molecule has 0 saturated heterocycles. The molecule has 1 atom stereocenters. The number of ether oxygens (including phenoxy) is 1. The molecule has 1 amide bonds. The lowest BCUT2D eigenvalue weighted by Crippen LogP contribution is -2.39. The van der Waals surface area contributed by atoms with Crippen LogP contribution in [-0.4, -0.2) is 37.7 Å². The molecule has 0 radical (unpaired) electrons. The number of aldehydes is 1. The summed E-state index contributed by atoms with van der Waals surface area (Å²) >= 11 is 0. The second-order valence-electron chi connectivity index (χ2n) is 2.54. The molecule has 0 aliphatic carbocycles. The smallest absolute Gasteiger partial charge is 0.407 e. The molecule has 0 fully saturated rings. The van der Waals surface area contributed by atoms with Gasteiger partial charge in [-0.25, -0.2) is 4.79 Å². The van der Waals surface area contributed by atoms with E-state index in [1.165, 1.54) is 7.11 Å². The van der Waals surface area contributed by atoms with Crippen LogP contribution in [0.25, 0.3) is 0 Å². The second kappa shape index (κ2) is 8.99. The maximum atomic E-state index is 10.6. The third-order valence-electron chi connectivity index (χ3n) is 1.33. The molecule has 0 bridgehead atoms. The molecule has 0 aliphatic rings. The standard InChI is InChI=1S/C7H13NO3.CH4O/c1-5(2)6(4-9)8-7(10)11-3;1-2/h4-6H,1-3H3,(H,8,10);2H,1H3. The van der Waals surface area contributed by atoms with Crippen molar-refractivity contribution < 1.29 is 19.4 Å². The van der Waals surface area contributed by atoms with Gasteiger partial charge in [-0.15, -0.1) is 0 Å². The number of aliphatic hydroxyl groups excluding tert-OH is 1. The van der Waals surface area contributed by atoms with Gasteiger partial charge in [-0.3, -0.25) is 0 Å². The summed E-state index contributed by atoms with van der Waals surface area (Å²) in [7, 11) is 2.26.